The average molecular weight is 414 g/mol. The van der Waals surface area contributed by atoms with E-state index in [1.165, 1.54) is 23.0 Å². The van der Waals surface area contributed by atoms with Gasteiger partial charge in [-0.25, -0.2) is 4.98 Å². The van der Waals surface area contributed by atoms with Crippen LogP contribution in [-0.4, -0.2) is 39.0 Å². The Morgan fingerprint density at radius 1 is 1.17 bits per heavy atom. The average Bonchev–Trinajstić information content (AvgIpc) is 3.04. The molecule has 0 unspecified atom stereocenters. The predicted octanol–water partition coefficient (Wildman–Crippen LogP) is 1.85. The zero-order valence-electron chi connectivity index (χ0n) is 15.7. The fourth-order valence-corrected chi connectivity index (χ4v) is 3.79. The fourth-order valence-electron chi connectivity index (χ4n) is 2.75. The van der Waals surface area contributed by atoms with E-state index >= 15 is 0 Å². The van der Waals surface area contributed by atoms with Crippen LogP contribution < -0.4 is 16.2 Å². The van der Waals surface area contributed by atoms with Gasteiger partial charge in [0.2, 0.25) is 0 Å². The largest absolute Gasteiger partial charge is 0.480 e. The third-order valence-electron chi connectivity index (χ3n) is 4.27. The van der Waals surface area contributed by atoms with Crippen LogP contribution in [0.4, 0.5) is 5.69 Å². The zero-order valence-corrected chi connectivity index (χ0v) is 16.5. The number of carbonyl (C=O) groups is 3. The number of hydrogen-bond donors (Lipinski definition) is 3. The molecule has 9 nitrogen and oxygen atoms in total. The fraction of sp³-hybridized carbons (Fsp3) is 0.211. The number of aromatic nitrogens is 2. The Labute approximate surface area is 169 Å². The van der Waals surface area contributed by atoms with Gasteiger partial charge >= 0.3 is 5.97 Å². The van der Waals surface area contributed by atoms with Crippen molar-refractivity contribution in [1.82, 2.24) is 14.9 Å². The van der Waals surface area contributed by atoms with Gasteiger partial charge in [-0.15, -0.1) is 11.3 Å². The van der Waals surface area contributed by atoms with Crippen molar-refractivity contribution in [3.8, 4) is 0 Å². The number of benzene rings is 1. The van der Waals surface area contributed by atoms with Gasteiger partial charge in [0.25, 0.3) is 17.4 Å². The van der Waals surface area contributed by atoms with Crippen molar-refractivity contribution in [1.29, 1.82) is 0 Å². The van der Waals surface area contributed by atoms with Crippen LogP contribution in [0.5, 0.6) is 0 Å². The Balaban J connectivity index is 1.79. The quantitative estimate of drug-likeness (QED) is 0.564. The van der Waals surface area contributed by atoms with Crippen molar-refractivity contribution < 1.29 is 19.5 Å². The number of nitrogens with zero attached hydrogens (tertiary/aromatic N) is 2. The van der Waals surface area contributed by atoms with Crippen LogP contribution in [0.3, 0.4) is 0 Å². The molecule has 0 aliphatic rings. The van der Waals surface area contributed by atoms with Crippen molar-refractivity contribution in [2.75, 3.05) is 11.9 Å². The number of carbonyl (C=O) groups excluding carboxylic acids is 2. The lowest BCUT2D eigenvalue weighted by molar-refractivity contribution is -0.135. The van der Waals surface area contributed by atoms with Crippen LogP contribution in [0.2, 0.25) is 0 Å². The second-order valence-electron chi connectivity index (χ2n) is 6.18. The van der Waals surface area contributed by atoms with Crippen molar-refractivity contribution in [3.05, 3.63) is 57.0 Å². The molecule has 29 heavy (non-hydrogen) atoms. The molecule has 2 amide bonds. The first-order valence-corrected chi connectivity index (χ1v) is 9.53. The first-order valence-electron chi connectivity index (χ1n) is 8.71. The summed E-state index contributed by atoms with van der Waals surface area (Å²) in [6, 6.07) is 6.04. The van der Waals surface area contributed by atoms with E-state index in [4.69, 9.17) is 5.11 Å². The number of aryl methyl sites for hydroxylation is 2. The smallest absolute Gasteiger partial charge is 0.322 e. The summed E-state index contributed by atoms with van der Waals surface area (Å²) in [6.45, 7) is 3.57. The van der Waals surface area contributed by atoms with E-state index in [1.807, 2.05) is 6.92 Å². The maximum Gasteiger partial charge on any atom is 0.322 e. The molecule has 0 spiro atoms. The molecule has 0 aliphatic heterocycles. The Morgan fingerprint density at radius 2 is 1.86 bits per heavy atom. The molecule has 2 heterocycles. The lowest BCUT2D eigenvalue weighted by Gasteiger charge is -2.06. The lowest BCUT2D eigenvalue weighted by Crippen LogP contribution is -2.29. The normalized spacial score (nSPS) is 10.7. The molecule has 0 fully saturated rings. The number of fused-ring (bicyclic) bond motifs is 1. The van der Waals surface area contributed by atoms with Gasteiger partial charge in [-0.05, 0) is 43.7 Å². The molecular formula is C19H18N4O5S. The molecule has 3 aromatic rings. The van der Waals surface area contributed by atoms with Gasteiger partial charge < -0.3 is 15.7 Å². The molecule has 1 aromatic carbocycles. The molecule has 10 heteroatoms. The van der Waals surface area contributed by atoms with Gasteiger partial charge in [0.05, 0.1) is 16.6 Å². The highest BCUT2D eigenvalue weighted by molar-refractivity contribution is 7.20. The third kappa shape index (κ3) is 4.16. The van der Waals surface area contributed by atoms with Crippen LogP contribution in [0.25, 0.3) is 10.2 Å². The second-order valence-corrected chi connectivity index (χ2v) is 7.18. The van der Waals surface area contributed by atoms with Gasteiger partial charge in [-0.3, -0.25) is 23.7 Å². The number of carboxylic acids is 1. The number of thiophene rings is 1. The highest BCUT2D eigenvalue weighted by Crippen LogP contribution is 2.27. The predicted molar refractivity (Wildman–Crippen MR) is 109 cm³/mol. The number of anilines is 1. The summed E-state index contributed by atoms with van der Waals surface area (Å²) in [7, 11) is 0. The van der Waals surface area contributed by atoms with Crippen LogP contribution >= 0.6 is 11.3 Å². The summed E-state index contributed by atoms with van der Waals surface area (Å²) in [5, 5.41) is 14.0. The van der Waals surface area contributed by atoms with Gasteiger partial charge in [-0.2, -0.15) is 0 Å². The Morgan fingerprint density at radius 3 is 2.48 bits per heavy atom. The minimum absolute atomic E-state index is 0.179. The summed E-state index contributed by atoms with van der Waals surface area (Å²) in [5.41, 5.74) is 1.13. The second kappa shape index (κ2) is 8.23. The summed E-state index contributed by atoms with van der Waals surface area (Å²) in [4.78, 5) is 52.7. The van der Waals surface area contributed by atoms with Crippen LogP contribution in [0, 0.1) is 6.92 Å². The van der Waals surface area contributed by atoms with Crippen LogP contribution in [0.1, 0.15) is 32.5 Å². The van der Waals surface area contributed by atoms with Crippen molar-refractivity contribution in [2.24, 2.45) is 0 Å². The minimum atomic E-state index is -1.14. The van der Waals surface area contributed by atoms with Crippen LogP contribution in [-0.2, 0) is 11.3 Å². The Bertz CT molecular complexity index is 1160. The molecule has 0 bridgehead atoms. The number of carboxylic acid groups (broad SMARTS) is 1. The van der Waals surface area contributed by atoms with E-state index in [0.29, 0.717) is 32.9 Å². The number of amides is 2. The van der Waals surface area contributed by atoms with E-state index in [1.54, 1.807) is 19.1 Å². The Kier molecular flexibility index (Phi) is 5.74. The van der Waals surface area contributed by atoms with E-state index < -0.39 is 18.4 Å². The van der Waals surface area contributed by atoms with Crippen molar-refractivity contribution in [3.63, 3.8) is 0 Å². The maximum absolute atomic E-state index is 12.7. The monoisotopic (exact) mass is 414 g/mol. The molecule has 0 aliphatic carbocycles. The van der Waals surface area contributed by atoms with E-state index in [0.717, 1.165) is 11.3 Å². The number of nitrogens with one attached hydrogen (secondary N) is 2. The van der Waals surface area contributed by atoms with E-state index in [9.17, 15) is 19.2 Å². The summed E-state index contributed by atoms with van der Waals surface area (Å²) >= 11 is 1.15. The zero-order chi connectivity index (χ0) is 21.1. The molecule has 0 radical (unpaired) electrons. The van der Waals surface area contributed by atoms with E-state index in [-0.39, 0.29) is 17.0 Å². The topological polar surface area (TPSA) is 130 Å². The van der Waals surface area contributed by atoms with Crippen molar-refractivity contribution >= 4 is 45.0 Å². The van der Waals surface area contributed by atoms with Crippen LogP contribution in [0.15, 0.2) is 35.4 Å². The van der Waals surface area contributed by atoms with Gasteiger partial charge in [0, 0.05) is 17.8 Å². The molecule has 2 aromatic heterocycles. The van der Waals surface area contributed by atoms with Gasteiger partial charge in [0.1, 0.15) is 11.4 Å². The number of aliphatic carboxylic acids is 1. The van der Waals surface area contributed by atoms with Crippen molar-refractivity contribution in [2.45, 2.75) is 20.4 Å². The highest BCUT2D eigenvalue weighted by Gasteiger charge is 2.19. The third-order valence-corrected chi connectivity index (χ3v) is 5.47. The molecule has 3 N–H and O–H groups in total. The molecule has 0 atom stereocenters. The first-order chi connectivity index (χ1) is 13.8. The summed E-state index contributed by atoms with van der Waals surface area (Å²) in [5.74, 6) is -2.04. The van der Waals surface area contributed by atoms with E-state index in [2.05, 4.69) is 15.6 Å². The summed E-state index contributed by atoms with van der Waals surface area (Å²) in [6.07, 6.45) is 1.47. The molecule has 0 saturated carbocycles. The summed E-state index contributed by atoms with van der Waals surface area (Å²) < 4.78 is 1.48. The molecule has 3 rings (SSSR count). The molecule has 150 valence electrons. The molecular weight excluding hydrogens is 396 g/mol. The number of hydrogen-bond acceptors (Lipinski definition) is 6. The minimum Gasteiger partial charge on any atom is -0.480 e. The maximum atomic E-state index is 12.7. The number of rotatable bonds is 6. The lowest BCUT2D eigenvalue weighted by atomic mass is 10.1. The van der Waals surface area contributed by atoms with Gasteiger partial charge in [0.15, 0.2) is 0 Å². The highest BCUT2D eigenvalue weighted by atomic mass is 32.1. The SMILES string of the molecule is CCn1cnc2sc(C(=O)Nc3ccc(C(=O)NCC(=O)O)cc3)c(C)c2c1=O. The molecule has 0 saturated heterocycles. The Hall–Kier alpha value is -3.53. The first kappa shape index (κ1) is 20.2. The van der Waals surface area contributed by atoms with Gasteiger partial charge in [-0.1, -0.05) is 0 Å². The standard InChI is InChI=1S/C19H18N4O5S/c1-3-23-9-21-18-14(19(23)28)10(2)15(29-18)17(27)22-12-6-4-11(5-7-12)16(26)20-8-13(24)25/h4-7,9H,3,8H2,1-2H3,(H,20,26)(H,22,27)(H,24,25).